The maximum Gasteiger partial charge on any atom is 0.407 e. The summed E-state index contributed by atoms with van der Waals surface area (Å²) in [5, 5.41) is 3.61. The number of benzene rings is 2. The lowest BCUT2D eigenvalue weighted by Crippen LogP contribution is -2.33. The van der Waals surface area contributed by atoms with E-state index < -0.39 is 5.60 Å². The molecule has 1 amide bonds. The number of halogens is 1. The second-order valence-electron chi connectivity index (χ2n) is 7.66. The van der Waals surface area contributed by atoms with Gasteiger partial charge in [0, 0.05) is 11.6 Å². The molecule has 1 atom stereocenters. The molecule has 0 aliphatic heterocycles. The van der Waals surface area contributed by atoms with Gasteiger partial charge in [-0.2, -0.15) is 0 Å². The van der Waals surface area contributed by atoms with Crippen molar-refractivity contribution in [1.29, 1.82) is 0 Å². The lowest BCUT2D eigenvalue weighted by Gasteiger charge is -2.21. The van der Waals surface area contributed by atoms with Crippen LogP contribution in [0.4, 0.5) is 4.79 Å². The molecule has 0 fully saturated rings. The number of aryl methyl sites for hydroxylation is 1. The average Bonchev–Trinajstić information content (AvgIpc) is 2.54. The molecule has 0 aliphatic carbocycles. The minimum atomic E-state index is -0.483. The Bertz CT molecular complexity index is 720. The van der Waals surface area contributed by atoms with E-state index >= 15 is 0 Å². The molecule has 140 valence electrons. The molecule has 0 aromatic heterocycles. The molecule has 0 saturated heterocycles. The Morgan fingerprint density at radius 3 is 2.46 bits per heavy atom. The molecule has 2 rings (SSSR count). The van der Waals surface area contributed by atoms with E-state index in [2.05, 4.69) is 48.6 Å². The summed E-state index contributed by atoms with van der Waals surface area (Å²) in [6, 6.07) is 16.5. The Morgan fingerprint density at radius 2 is 1.85 bits per heavy atom. The van der Waals surface area contributed by atoms with Gasteiger partial charge in [0.25, 0.3) is 0 Å². The van der Waals surface area contributed by atoms with Crippen molar-refractivity contribution in [3.63, 3.8) is 0 Å². The molecule has 4 heteroatoms. The molecule has 3 nitrogen and oxygen atoms in total. The van der Waals surface area contributed by atoms with Gasteiger partial charge in [0.15, 0.2) is 0 Å². The maximum absolute atomic E-state index is 11.9. The third-order valence-electron chi connectivity index (χ3n) is 4.07. The second-order valence-corrected chi connectivity index (χ2v) is 8.10. The molecule has 1 unspecified atom stereocenters. The van der Waals surface area contributed by atoms with E-state index in [4.69, 9.17) is 16.3 Å². The summed E-state index contributed by atoms with van der Waals surface area (Å²) in [4.78, 5) is 11.9. The van der Waals surface area contributed by atoms with Crippen LogP contribution in [0.2, 0.25) is 5.02 Å². The predicted molar refractivity (Wildman–Crippen MR) is 108 cm³/mol. The maximum atomic E-state index is 11.9. The van der Waals surface area contributed by atoms with Crippen LogP contribution < -0.4 is 5.32 Å². The highest BCUT2D eigenvalue weighted by molar-refractivity contribution is 6.30. The largest absolute Gasteiger partial charge is 0.444 e. The van der Waals surface area contributed by atoms with Gasteiger partial charge in [-0.15, -0.1) is 0 Å². The molecule has 2 aromatic carbocycles. The van der Waals surface area contributed by atoms with E-state index in [1.807, 2.05) is 32.9 Å². The highest BCUT2D eigenvalue weighted by atomic mass is 35.5. The Hall–Kier alpha value is -2.00. The Labute approximate surface area is 161 Å². The number of ether oxygens (including phenoxy) is 1. The molecule has 0 bridgehead atoms. The zero-order chi connectivity index (χ0) is 19.2. The summed E-state index contributed by atoms with van der Waals surface area (Å²) in [7, 11) is 0. The number of alkyl carbamates (subject to hydrolysis) is 1. The topological polar surface area (TPSA) is 38.3 Å². The van der Waals surface area contributed by atoms with Crippen LogP contribution in [0.15, 0.2) is 48.5 Å². The van der Waals surface area contributed by atoms with E-state index in [1.165, 1.54) is 16.7 Å². The van der Waals surface area contributed by atoms with Crippen LogP contribution >= 0.6 is 11.6 Å². The summed E-state index contributed by atoms with van der Waals surface area (Å²) in [6.45, 7) is 8.26. The molecule has 0 aliphatic rings. The van der Waals surface area contributed by atoms with Crippen molar-refractivity contribution in [2.45, 2.75) is 52.1 Å². The van der Waals surface area contributed by atoms with Gasteiger partial charge < -0.3 is 10.1 Å². The molecular formula is C22H28ClNO2. The third kappa shape index (κ3) is 7.09. The first kappa shape index (κ1) is 20.3. The number of hydrogen-bond acceptors (Lipinski definition) is 2. The van der Waals surface area contributed by atoms with Crippen molar-refractivity contribution in [2.24, 2.45) is 0 Å². The van der Waals surface area contributed by atoms with Gasteiger partial charge in [-0.05, 0) is 69.7 Å². The fourth-order valence-corrected chi connectivity index (χ4v) is 3.00. The Kier molecular flexibility index (Phi) is 7.10. The summed E-state index contributed by atoms with van der Waals surface area (Å²) in [5.74, 6) is 0.311. The summed E-state index contributed by atoms with van der Waals surface area (Å²) in [6.07, 6.45) is 1.37. The van der Waals surface area contributed by atoms with Gasteiger partial charge in [-0.3, -0.25) is 0 Å². The van der Waals surface area contributed by atoms with Crippen LogP contribution in [0.1, 0.15) is 49.8 Å². The van der Waals surface area contributed by atoms with Gasteiger partial charge in [-0.25, -0.2) is 4.79 Å². The van der Waals surface area contributed by atoms with E-state index in [0.717, 1.165) is 17.9 Å². The lowest BCUT2D eigenvalue weighted by atomic mass is 9.88. The fourth-order valence-electron chi connectivity index (χ4n) is 2.88. The SMILES string of the molecule is Cc1cccc(C(CCNC(=O)OC(C)(C)C)Cc2ccc(Cl)cc2)c1. The van der Waals surface area contributed by atoms with Crippen LogP contribution in [0.25, 0.3) is 0 Å². The summed E-state index contributed by atoms with van der Waals surface area (Å²) in [5.41, 5.74) is 3.27. The Balaban J connectivity index is 2.03. The summed E-state index contributed by atoms with van der Waals surface area (Å²) < 4.78 is 5.31. The molecule has 26 heavy (non-hydrogen) atoms. The van der Waals surface area contributed by atoms with Crippen LogP contribution in [-0.4, -0.2) is 18.2 Å². The molecule has 0 spiro atoms. The highest BCUT2D eigenvalue weighted by Gasteiger charge is 2.17. The number of rotatable bonds is 6. The zero-order valence-electron chi connectivity index (χ0n) is 16.0. The number of nitrogens with one attached hydrogen (secondary N) is 1. The number of amides is 1. The minimum absolute atomic E-state index is 0.311. The third-order valence-corrected chi connectivity index (χ3v) is 4.32. The zero-order valence-corrected chi connectivity index (χ0v) is 16.8. The van der Waals surface area contributed by atoms with Crippen molar-refractivity contribution in [3.05, 3.63) is 70.2 Å². The Morgan fingerprint density at radius 1 is 1.15 bits per heavy atom. The highest BCUT2D eigenvalue weighted by Crippen LogP contribution is 2.25. The molecule has 0 radical (unpaired) electrons. The van der Waals surface area contributed by atoms with Crippen molar-refractivity contribution in [3.8, 4) is 0 Å². The van der Waals surface area contributed by atoms with E-state index in [-0.39, 0.29) is 6.09 Å². The lowest BCUT2D eigenvalue weighted by molar-refractivity contribution is 0.0526. The second kappa shape index (κ2) is 9.09. The molecule has 2 aromatic rings. The number of carbonyl (C=O) groups excluding carboxylic acids is 1. The molecule has 0 saturated carbocycles. The van der Waals surface area contributed by atoms with Crippen LogP contribution in [0.3, 0.4) is 0 Å². The minimum Gasteiger partial charge on any atom is -0.444 e. The van der Waals surface area contributed by atoms with Gasteiger partial charge in [0.2, 0.25) is 0 Å². The molecule has 0 heterocycles. The first-order valence-corrected chi connectivity index (χ1v) is 9.38. The van der Waals surface area contributed by atoms with Gasteiger partial charge in [0.1, 0.15) is 5.60 Å². The smallest absolute Gasteiger partial charge is 0.407 e. The van der Waals surface area contributed by atoms with E-state index in [1.54, 1.807) is 0 Å². The quantitative estimate of drug-likeness (QED) is 0.685. The van der Waals surface area contributed by atoms with Crippen LogP contribution in [0.5, 0.6) is 0 Å². The first-order valence-electron chi connectivity index (χ1n) is 9.01. The molecular weight excluding hydrogens is 346 g/mol. The normalized spacial score (nSPS) is 12.5. The number of hydrogen-bond donors (Lipinski definition) is 1. The number of carbonyl (C=O) groups is 1. The molecule has 1 N–H and O–H groups in total. The van der Waals surface area contributed by atoms with E-state index in [9.17, 15) is 4.79 Å². The van der Waals surface area contributed by atoms with Crippen LogP contribution in [0, 0.1) is 6.92 Å². The van der Waals surface area contributed by atoms with Crippen molar-refractivity contribution in [2.75, 3.05) is 6.54 Å². The van der Waals surface area contributed by atoms with E-state index in [0.29, 0.717) is 12.5 Å². The first-order chi connectivity index (χ1) is 12.2. The van der Waals surface area contributed by atoms with Gasteiger partial charge >= 0.3 is 6.09 Å². The van der Waals surface area contributed by atoms with Gasteiger partial charge in [0.05, 0.1) is 0 Å². The summed E-state index contributed by atoms with van der Waals surface area (Å²) >= 11 is 6.00. The van der Waals surface area contributed by atoms with Gasteiger partial charge in [-0.1, -0.05) is 53.6 Å². The van der Waals surface area contributed by atoms with Crippen molar-refractivity contribution < 1.29 is 9.53 Å². The predicted octanol–water partition coefficient (Wildman–Crippen LogP) is 5.89. The van der Waals surface area contributed by atoms with Crippen molar-refractivity contribution >= 4 is 17.7 Å². The monoisotopic (exact) mass is 373 g/mol. The van der Waals surface area contributed by atoms with Crippen molar-refractivity contribution in [1.82, 2.24) is 5.32 Å². The average molecular weight is 374 g/mol. The van der Waals surface area contributed by atoms with Crippen LogP contribution in [-0.2, 0) is 11.2 Å². The standard InChI is InChI=1S/C22H28ClNO2/c1-16-6-5-7-18(14-16)19(15-17-8-10-20(23)11-9-17)12-13-24-21(25)26-22(2,3)4/h5-11,14,19H,12-13,15H2,1-4H3,(H,24,25). The fraction of sp³-hybridized carbons (Fsp3) is 0.409.